The zero-order chi connectivity index (χ0) is 16.4. The number of fused-ring (bicyclic) bond motifs is 1. The van der Waals surface area contributed by atoms with E-state index < -0.39 is 9.84 Å². The molecule has 0 aliphatic carbocycles. The highest BCUT2D eigenvalue weighted by atomic mass is 35.5. The lowest BCUT2D eigenvalue weighted by molar-refractivity contribution is -0.117. The van der Waals surface area contributed by atoms with Crippen LogP contribution in [0.25, 0.3) is 6.08 Å². The normalized spacial score (nSPS) is 22.3. The van der Waals surface area contributed by atoms with Crippen molar-refractivity contribution in [3.8, 4) is 5.75 Å². The van der Waals surface area contributed by atoms with Gasteiger partial charge in [-0.15, -0.1) is 0 Å². The van der Waals surface area contributed by atoms with Crippen molar-refractivity contribution in [1.29, 1.82) is 0 Å². The summed E-state index contributed by atoms with van der Waals surface area (Å²) in [4.78, 5) is 11.9. The highest BCUT2D eigenvalue weighted by Gasteiger charge is 2.28. The Hall–Kier alpha value is -1.79. The second kappa shape index (κ2) is 6.37. The van der Waals surface area contributed by atoms with Crippen LogP contribution in [-0.4, -0.2) is 38.5 Å². The van der Waals surface area contributed by atoms with Gasteiger partial charge in [-0.1, -0.05) is 17.7 Å². The minimum absolute atomic E-state index is 0.0181. The maximum atomic E-state index is 11.9. The Labute approximate surface area is 139 Å². The van der Waals surface area contributed by atoms with Crippen LogP contribution in [0.4, 0.5) is 0 Å². The fraction of sp³-hybridized carbons (Fsp3) is 0.312. The van der Waals surface area contributed by atoms with E-state index in [0.717, 1.165) is 16.9 Å². The van der Waals surface area contributed by atoms with Crippen molar-refractivity contribution >= 4 is 33.4 Å². The molecule has 5 nitrogen and oxygen atoms in total. The van der Waals surface area contributed by atoms with Crippen LogP contribution >= 0.6 is 11.6 Å². The van der Waals surface area contributed by atoms with E-state index >= 15 is 0 Å². The first-order valence-electron chi connectivity index (χ1n) is 7.23. The van der Waals surface area contributed by atoms with Crippen molar-refractivity contribution in [1.82, 2.24) is 5.32 Å². The molecule has 1 fully saturated rings. The summed E-state index contributed by atoms with van der Waals surface area (Å²) in [6.45, 7) is 0.371. The van der Waals surface area contributed by atoms with Crippen LogP contribution in [0, 0.1) is 0 Å². The second-order valence-corrected chi connectivity index (χ2v) is 8.30. The third-order valence-electron chi connectivity index (χ3n) is 3.73. The van der Waals surface area contributed by atoms with Crippen LogP contribution in [-0.2, 0) is 14.6 Å². The molecule has 23 heavy (non-hydrogen) atoms. The summed E-state index contributed by atoms with van der Waals surface area (Å²) in [6.07, 6.45) is 5.45. The zero-order valence-electron chi connectivity index (χ0n) is 12.3. The van der Waals surface area contributed by atoms with Gasteiger partial charge in [-0.3, -0.25) is 4.79 Å². The van der Waals surface area contributed by atoms with Gasteiger partial charge in [0, 0.05) is 22.7 Å². The Kier molecular flexibility index (Phi) is 4.46. The number of nitrogens with one attached hydrogen (secondary N) is 1. The van der Waals surface area contributed by atoms with Gasteiger partial charge in [0.25, 0.3) is 0 Å². The summed E-state index contributed by atoms with van der Waals surface area (Å²) < 4.78 is 28.3. The summed E-state index contributed by atoms with van der Waals surface area (Å²) in [5.74, 6) is 0.611. The van der Waals surface area contributed by atoms with E-state index in [-0.39, 0.29) is 23.5 Å². The fourth-order valence-electron chi connectivity index (χ4n) is 2.60. The number of halogens is 1. The molecular formula is C16H16ClNO4S. The molecule has 0 radical (unpaired) electrons. The maximum Gasteiger partial charge on any atom is 0.244 e. The highest BCUT2D eigenvalue weighted by molar-refractivity contribution is 7.91. The van der Waals surface area contributed by atoms with Crippen molar-refractivity contribution in [2.45, 2.75) is 12.5 Å². The summed E-state index contributed by atoms with van der Waals surface area (Å²) in [5.41, 5.74) is 1.71. The Morgan fingerprint density at radius 1 is 1.39 bits per heavy atom. The standard InChI is InChI=1S/C16H16ClNO4S/c17-13-2-3-15-12(8-13)7-11(9-22-15)1-4-16(19)18-14-5-6-23(20,21)10-14/h1-4,7-8,14H,5-6,9-10H2,(H,18,19)/b4-1+. The predicted octanol–water partition coefficient (Wildman–Crippen LogP) is 1.98. The van der Waals surface area contributed by atoms with Crippen LogP contribution in [0.5, 0.6) is 5.75 Å². The van der Waals surface area contributed by atoms with E-state index in [9.17, 15) is 13.2 Å². The quantitative estimate of drug-likeness (QED) is 0.843. The van der Waals surface area contributed by atoms with Crippen LogP contribution in [0.1, 0.15) is 12.0 Å². The fourth-order valence-corrected chi connectivity index (χ4v) is 4.46. The summed E-state index contributed by atoms with van der Waals surface area (Å²) >= 11 is 5.95. The lowest BCUT2D eigenvalue weighted by Gasteiger charge is -2.16. The summed E-state index contributed by atoms with van der Waals surface area (Å²) in [6, 6.07) is 5.07. The van der Waals surface area contributed by atoms with Gasteiger partial charge < -0.3 is 10.1 Å². The van der Waals surface area contributed by atoms with E-state index in [4.69, 9.17) is 16.3 Å². The molecule has 0 aromatic heterocycles. The van der Waals surface area contributed by atoms with Crippen molar-refractivity contribution in [3.05, 3.63) is 46.5 Å². The third-order valence-corrected chi connectivity index (χ3v) is 5.74. The van der Waals surface area contributed by atoms with Crippen LogP contribution < -0.4 is 10.1 Å². The topological polar surface area (TPSA) is 72.5 Å². The summed E-state index contributed by atoms with van der Waals surface area (Å²) in [7, 11) is -3.00. The molecule has 1 N–H and O–H groups in total. The molecule has 0 spiro atoms. The number of ether oxygens (including phenoxy) is 1. The minimum Gasteiger partial charge on any atom is -0.488 e. The Bertz CT molecular complexity index is 798. The molecule has 7 heteroatoms. The van der Waals surface area contributed by atoms with Gasteiger partial charge in [-0.25, -0.2) is 8.42 Å². The first-order chi connectivity index (χ1) is 10.9. The van der Waals surface area contributed by atoms with E-state index in [1.807, 2.05) is 12.1 Å². The van der Waals surface area contributed by atoms with Crippen LogP contribution in [0.15, 0.2) is 35.9 Å². The van der Waals surface area contributed by atoms with Gasteiger partial charge in [0.2, 0.25) is 5.91 Å². The van der Waals surface area contributed by atoms with Crippen molar-refractivity contribution in [3.63, 3.8) is 0 Å². The summed E-state index contributed by atoms with van der Waals surface area (Å²) in [5, 5.41) is 3.33. The molecule has 1 aromatic rings. The Morgan fingerprint density at radius 3 is 2.96 bits per heavy atom. The Balaban J connectivity index is 1.63. The minimum atomic E-state index is -3.00. The molecule has 0 bridgehead atoms. The van der Waals surface area contributed by atoms with Gasteiger partial charge in [0.1, 0.15) is 12.4 Å². The average molecular weight is 354 g/mol. The number of carbonyl (C=O) groups is 1. The molecule has 1 amide bonds. The number of sulfone groups is 1. The molecule has 122 valence electrons. The number of hydrogen-bond donors (Lipinski definition) is 1. The van der Waals surface area contributed by atoms with Crippen LogP contribution in [0.3, 0.4) is 0 Å². The van der Waals surface area contributed by atoms with Gasteiger partial charge in [-0.05, 0) is 36.3 Å². The number of hydrogen-bond acceptors (Lipinski definition) is 4. The Morgan fingerprint density at radius 2 is 2.22 bits per heavy atom. The monoisotopic (exact) mass is 353 g/mol. The number of benzene rings is 1. The van der Waals surface area contributed by atoms with Crippen LogP contribution in [0.2, 0.25) is 5.02 Å². The predicted molar refractivity (Wildman–Crippen MR) is 89.3 cm³/mol. The smallest absolute Gasteiger partial charge is 0.244 e. The molecule has 3 rings (SSSR count). The van der Waals surface area contributed by atoms with E-state index in [1.54, 1.807) is 18.2 Å². The molecule has 1 unspecified atom stereocenters. The molecule has 1 aromatic carbocycles. The van der Waals surface area contributed by atoms with Gasteiger partial charge in [-0.2, -0.15) is 0 Å². The SMILES string of the molecule is O=C(/C=C/C1=Cc2cc(Cl)ccc2OC1)NC1CCS(=O)(=O)C1. The van der Waals surface area contributed by atoms with Gasteiger partial charge in [0.05, 0.1) is 11.5 Å². The molecule has 0 saturated carbocycles. The van der Waals surface area contributed by atoms with Gasteiger partial charge in [0.15, 0.2) is 9.84 Å². The number of carbonyl (C=O) groups excluding carboxylic acids is 1. The molecule has 1 saturated heterocycles. The number of rotatable bonds is 3. The first kappa shape index (κ1) is 16.1. The van der Waals surface area contributed by atoms with E-state index in [2.05, 4.69) is 5.32 Å². The van der Waals surface area contributed by atoms with Crippen molar-refractivity contribution in [2.75, 3.05) is 18.1 Å². The highest BCUT2D eigenvalue weighted by Crippen LogP contribution is 2.29. The van der Waals surface area contributed by atoms with E-state index in [0.29, 0.717) is 18.1 Å². The lowest BCUT2D eigenvalue weighted by Crippen LogP contribution is -2.34. The maximum absolute atomic E-state index is 11.9. The molecule has 2 aliphatic rings. The zero-order valence-corrected chi connectivity index (χ0v) is 13.9. The molecule has 2 heterocycles. The van der Waals surface area contributed by atoms with Gasteiger partial charge >= 0.3 is 0 Å². The molecule has 2 aliphatic heterocycles. The second-order valence-electron chi connectivity index (χ2n) is 5.63. The van der Waals surface area contributed by atoms with E-state index in [1.165, 1.54) is 6.08 Å². The molecular weight excluding hydrogens is 338 g/mol. The third kappa shape index (κ3) is 4.14. The largest absolute Gasteiger partial charge is 0.488 e. The first-order valence-corrected chi connectivity index (χ1v) is 9.43. The lowest BCUT2D eigenvalue weighted by atomic mass is 10.1. The molecule has 1 atom stereocenters. The average Bonchev–Trinajstić information content (AvgIpc) is 2.83. The van der Waals surface area contributed by atoms with Crippen molar-refractivity contribution in [2.24, 2.45) is 0 Å². The van der Waals surface area contributed by atoms with Crippen molar-refractivity contribution < 1.29 is 17.9 Å². The number of amides is 1.